The second kappa shape index (κ2) is 7.22. The van der Waals surface area contributed by atoms with E-state index in [0.29, 0.717) is 32.5 Å². The van der Waals surface area contributed by atoms with Crippen LogP contribution in [0.5, 0.6) is 0 Å². The van der Waals surface area contributed by atoms with Gasteiger partial charge >= 0.3 is 5.97 Å². The van der Waals surface area contributed by atoms with Crippen LogP contribution in [0.3, 0.4) is 0 Å². The summed E-state index contributed by atoms with van der Waals surface area (Å²) in [5.74, 6) is -0.698. The molecule has 1 fully saturated rings. The molecule has 1 saturated carbocycles. The van der Waals surface area contributed by atoms with Crippen molar-refractivity contribution < 1.29 is 14.3 Å². The van der Waals surface area contributed by atoms with Gasteiger partial charge < -0.3 is 9.64 Å². The van der Waals surface area contributed by atoms with Crippen LogP contribution in [0.1, 0.15) is 38.2 Å². The van der Waals surface area contributed by atoms with Gasteiger partial charge in [-0.05, 0) is 37.5 Å². The van der Waals surface area contributed by atoms with Crippen molar-refractivity contribution in [2.75, 3.05) is 7.11 Å². The molecule has 0 aromatic heterocycles. The van der Waals surface area contributed by atoms with Crippen LogP contribution in [0.4, 0.5) is 0 Å². The first-order chi connectivity index (χ1) is 12.0. The Morgan fingerprint density at radius 1 is 1.28 bits per heavy atom. The SMILES string of the molecule is COC(=O)C1=C(C)N(C2CCCC2)C(=O)C1=Cc1cccc(Cl)c1Cl. The van der Waals surface area contributed by atoms with E-state index in [9.17, 15) is 9.59 Å². The van der Waals surface area contributed by atoms with Gasteiger partial charge in [0.15, 0.2) is 0 Å². The fourth-order valence-electron chi connectivity index (χ4n) is 3.59. The van der Waals surface area contributed by atoms with Crippen molar-refractivity contribution in [3.05, 3.63) is 50.7 Å². The molecule has 0 N–H and O–H groups in total. The molecule has 1 amide bonds. The van der Waals surface area contributed by atoms with Gasteiger partial charge in [0.2, 0.25) is 0 Å². The van der Waals surface area contributed by atoms with Gasteiger partial charge in [0.05, 0.1) is 28.3 Å². The van der Waals surface area contributed by atoms with Crippen LogP contribution in [0.25, 0.3) is 6.08 Å². The molecule has 1 aliphatic carbocycles. The molecule has 1 aromatic carbocycles. The minimum absolute atomic E-state index is 0.132. The molecule has 132 valence electrons. The molecule has 0 radical (unpaired) electrons. The van der Waals surface area contributed by atoms with Gasteiger partial charge in [-0.2, -0.15) is 0 Å². The summed E-state index contributed by atoms with van der Waals surface area (Å²) >= 11 is 12.3. The number of halogens is 2. The summed E-state index contributed by atoms with van der Waals surface area (Å²) in [5.41, 5.74) is 1.85. The highest BCUT2D eigenvalue weighted by atomic mass is 35.5. The molecule has 25 heavy (non-hydrogen) atoms. The Morgan fingerprint density at radius 3 is 2.60 bits per heavy atom. The molecule has 2 aliphatic rings. The van der Waals surface area contributed by atoms with Gasteiger partial charge in [-0.3, -0.25) is 4.79 Å². The summed E-state index contributed by atoms with van der Waals surface area (Å²) in [6, 6.07) is 5.32. The number of amides is 1. The molecule has 0 bridgehead atoms. The van der Waals surface area contributed by atoms with Crippen molar-refractivity contribution in [3.63, 3.8) is 0 Å². The lowest BCUT2D eigenvalue weighted by Gasteiger charge is -2.25. The smallest absolute Gasteiger partial charge is 0.340 e. The highest BCUT2D eigenvalue weighted by Crippen LogP contribution is 2.38. The zero-order chi connectivity index (χ0) is 18.1. The number of ether oxygens (including phenoxy) is 1. The van der Waals surface area contributed by atoms with E-state index < -0.39 is 5.97 Å². The fourth-order valence-corrected chi connectivity index (χ4v) is 3.95. The maximum absolute atomic E-state index is 13.1. The van der Waals surface area contributed by atoms with Gasteiger partial charge in [0.25, 0.3) is 5.91 Å². The topological polar surface area (TPSA) is 46.6 Å². The number of carbonyl (C=O) groups is 2. The molecule has 1 aromatic rings. The number of hydrogen-bond acceptors (Lipinski definition) is 3. The van der Waals surface area contributed by atoms with Crippen molar-refractivity contribution in [1.82, 2.24) is 4.90 Å². The molecule has 0 saturated heterocycles. The first kappa shape index (κ1) is 18.0. The van der Waals surface area contributed by atoms with E-state index in [1.807, 2.05) is 0 Å². The number of esters is 1. The fraction of sp³-hybridized carbons (Fsp3) is 0.368. The minimum atomic E-state index is -0.518. The lowest BCUT2D eigenvalue weighted by atomic mass is 10.0. The third kappa shape index (κ3) is 3.21. The number of methoxy groups -OCH3 is 1. The van der Waals surface area contributed by atoms with E-state index in [-0.39, 0.29) is 11.9 Å². The summed E-state index contributed by atoms with van der Waals surface area (Å²) in [5, 5.41) is 0.750. The van der Waals surface area contributed by atoms with Crippen LogP contribution < -0.4 is 0 Å². The maximum atomic E-state index is 13.1. The average molecular weight is 380 g/mol. The maximum Gasteiger partial charge on any atom is 0.340 e. The Labute approximate surface area is 157 Å². The summed E-state index contributed by atoms with van der Waals surface area (Å²) in [4.78, 5) is 27.1. The van der Waals surface area contributed by atoms with Crippen molar-refractivity contribution in [1.29, 1.82) is 0 Å². The first-order valence-corrected chi connectivity index (χ1v) is 9.00. The second-order valence-corrected chi connectivity index (χ2v) is 7.05. The van der Waals surface area contributed by atoms with Gasteiger partial charge in [-0.1, -0.05) is 48.2 Å². The zero-order valence-electron chi connectivity index (χ0n) is 14.1. The second-order valence-electron chi connectivity index (χ2n) is 6.27. The van der Waals surface area contributed by atoms with Gasteiger partial charge in [0, 0.05) is 11.7 Å². The first-order valence-electron chi connectivity index (χ1n) is 8.24. The lowest BCUT2D eigenvalue weighted by Crippen LogP contribution is -2.34. The summed E-state index contributed by atoms with van der Waals surface area (Å²) < 4.78 is 4.91. The molecular formula is C19H19Cl2NO3. The van der Waals surface area contributed by atoms with E-state index >= 15 is 0 Å². The minimum Gasteiger partial charge on any atom is -0.465 e. The van der Waals surface area contributed by atoms with Crippen LogP contribution in [0, 0.1) is 0 Å². The largest absolute Gasteiger partial charge is 0.465 e. The highest BCUT2D eigenvalue weighted by molar-refractivity contribution is 6.43. The number of hydrogen-bond donors (Lipinski definition) is 0. The van der Waals surface area contributed by atoms with Crippen LogP contribution in [-0.2, 0) is 14.3 Å². The molecule has 6 heteroatoms. The summed E-state index contributed by atoms with van der Waals surface area (Å²) in [7, 11) is 1.31. The van der Waals surface area contributed by atoms with Gasteiger partial charge in [-0.25, -0.2) is 4.79 Å². The number of allylic oxidation sites excluding steroid dienone is 1. The van der Waals surface area contributed by atoms with Gasteiger partial charge in [0.1, 0.15) is 0 Å². The van der Waals surface area contributed by atoms with E-state index in [1.165, 1.54) is 7.11 Å². The zero-order valence-corrected chi connectivity index (χ0v) is 15.7. The van der Waals surface area contributed by atoms with E-state index in [4.69, 9.17) is 27.9 Å². The summed E-state index contributed by atoms with van der Waals surface area (Å²) in [6.07, 6.45) is 5.70. The Bertz CT molecular complexity index is 792. The lowest BCUT2D eigenvalue weighted by molar-refractivity contribution is -0.136. The third-order valence-electron chi connectivity index (χ3n) is 4.80. The van der Waals surface area contributed by atoms with E-state index in [1.54, 1.807) is 36.1 Å². The Kier molecular flexibility index (Phi) is 5.21. The molecule has 3 rings (SSSR count). The van der Waals surface area contributed by atoms with Gasteiger partial charge in [-0.15, -0.1) is 0 Å². The summed E-state index contributed by atoms with van der Waals surface area (Å²) in [6.45, 7) is 1.79. The highest BCUT2D eigenvalue weighted by Gasteiger charge is 2.41. The van der Waals surface area contributed by atoms with Crippen molar-refractivity contribution in [2.45, 2.75) is 38.6 Å². The van der Waals surface area contributed by atoms with Crippen LogP contribution >= 0.6 is 23.2 Å². The molecule has 4 nitrogen and oxygen atoms in total. The standard InChI is InChI=1S/C19H19Cl2NO3/c1-11-16(19(24)25-2)14(10-12-6-5-9-15(20)17(12)21)18(23)22(11)13-7-3-4-8-13/h5-6,9-10,13H,3-4,7-8H2,1-2H3. The normalized spacial score (nSPS) is 20.1. The van der Waals surface area contributed by atoms with E-state index in [2.05, 4.69) is 0 Å². The molecule has 0 unspecified atom stereocenters. The number of benzene rings is 1. The number of nitrogens with zero attached hydrogens (tertiary/aromatic N) is 1. The predicted octanol–water partition coefficient (Wildman–Crippen LogP) is 4.61. The molecule has 0 atom stereocenters. The predicted molar refractivity (Wildman–Crippen MR) is 98.3 cm³/mol. The molecule has 0 spiro atoms. The van der Waals surface area contributed by atoms with Crippen LogP contribution in [0.2, 0.25) is 10.0 Å². The average Bonchev–Trinajstić information content (AvgIpc) is 3.18. The van der Waals surface area contributed by atoms with Crippen LogP contribution in [0.15, 0.2) is 35.0 Å². The van der Waals surface area contributed by atoms with Crippen molar-refractivity contribution >= 4 is 41.2 Å². The molecule has 1 heterocycles. The van der Waals surface area contributed by atoms with Crippen molar-refractivity contribution in [2.24, 2.45) is 0 Å². The van der Waals surface area contributed by atoms with Crippen molar-refractivity contribution in [3.8, 4) is 0 Å². The van der Waals surface area contributed by atoms with E-state index in [0.717, 1.165) is 25.7 Å². The quantitative estimate of drug-likeness (QED) is 0.568. The number of rotatable bonds is 3. The Morgan fingerprint density at radius 2 is 1.96 bits per heavy atom. The number of carbonyl (C=O) groups excluding carboxylic acids is 2. The third-order valence-corrected chi connectivity index (χ3v) is 5.64. The Hall–Kier alpha value is -1.78. The Balaban J connectivity index is 2.10. The molecule has 1 aliphatic heterocycles. The van der Waals surface area contributed by atoms with Crippen LogP contribution in [-0.4, -0.2) is 29.9 Å². The monoisotopic (exact) mass is 379 g/mol. The molecular weight excluding hydrogens is 361 g/mol.